The number of benzene rings is 1. The maximum atomic E-state index is 12.9. The number of ether oxygens (including phenoxy) is 3. The first-order valence-electron chi connectivity index (χ1n) is 8.27. The Balaban J connectivity index is 3.34. The highest BCUT2D eigenvalue weighted by molar-refractivity contribution is 14.1. The smallest absolute Gasteiger partial charge is 0.328 e. The van der Waals surface area contributed by atoms with Crippen LogP contribution >= 0.6 is 22.6 Å². The lowest BCUT2D eigenvalue weighted by molar-refractivity contribution is -0.164. The first-order valence-corrected chi connectivity index (χ1v) is 9.35. The Kier molecular flexibility index (Phi) is 9.32. The number of carbonyl (C=O) groups is 3. The molecule has 0 spiro atoms. The Bertz CT molecular complexity index is 650. The second-order valence-electron chi connectivity index (χ2n) is 5.30. The topological polar surface area (TPSA) is 78.9 Å². The molecule has 0 amide bonds. The van der Waals surface area contributed by atoms with Gasteiger partial charge in [0.15, 0.2) is 5.41 Å². The minimum atomic E-state index is -1.61. The van der Waals surface area contributed by atoms with Gasteiger partial charge in [-0.2, -0.15) is 0 Å². The average Bonchev–Trinajstić information content (AvgIpc) is 2.59. The van der Waals surface area contributed by atoms with Crippen molar-refractivity contribution in [2.24, 2.45) is 0 Å². The molecule has 26 heavy (non-hydrogen) atoms. The number of rotatable bonds is 9. The Hall–Kier alpha value is -1.90. The summed E-state index contributed by atoms with van der Waals surface area (Å²) in [7, 11) is 0. The third kappa shape index (κ3) is 5.55. The van der Waals surface area contributed by atoms with Gasteiger partial charge in [-0.05, 0) is 54.5 Å². The van der Waals surface area contributed by atoms with Gasteiger partial charge in [-0.3, -0.25) is 14.4 Å². The van der Waals surface area contributed by atoms with E-state index in [2.05, 4.69) is 22.6 Å². The van der Waals surface area contributed by atoms with Gasteiger partial charge in [-0.15, -0.1) is 0 Å². The molecule has 0 N–H and O–H groups in total. The first-order chi connectivity index (χ1) is 12.4. The van der Waals surface area contributed by atoms with Crippen LogP contribution in [0.15, 0.2) is 36.4 Å². The number of hydrogen-bond acceptors (Lipinski definition) is 6. The molecule has 0 atom stereocenters. The summed E-state index contributed by atoms with van der Waals surface area (Å²) < 4.78 is 16.0. The summed E-state index contributed by atoms with van der Waals surface area (Å²) >= 11 is 2.08. The number of esters is 3. The summed E-state index contributed by atoms with van der Waals surface area (Å²) in [6, 6.07) is 7.11. The molecule has 0 radical (unpaired) electrons. The van der Waals surface area contributed by atoms with Crippen molar-refractivity contribution in [3.63, 3.8) is 0 Å². The van der Waals surface area contributed by atoms with Crippen LogP contribution < -0.4 is 0 Å². The fourth-order valence-corrected chi connectivity index (χ4v) is 3.24. The van der Waals surface area contributed by atoms with Gasteiger partial charge in [0, 0.05) is 10.5 Å². The van der Waals surface area contributed by atoms with E-state index in [0.717, 1.165) is 3.57 Å². The van der Waals surface area contributed by atoms with E-state index in [4.69, 9.17) is 14.2 Å². The zero-order chi connectivity index (χ0) is 19.6. The molecule has 0 aliphatic heterocycles. The molecule has 6 nitrogen and oxygen atoms in total. The van der Waals surface area contributed by atoms with E-state index in [9.17, 15) is 14.4 Å². The number of carbonyl (C=O) groups excluding carboxylic acids is 3. The molecule has 0 aliphatic rings. The predicted octanol–water partition coefficient (Wildman–Crippen LogP) is 3.16. The molecule has 0 saturated carbocycles. The van der Waals surface area contributed by atoms with Crippen LogP contribution in [0.5, 0.6) is 0 Å². The van der Waals surface area contributed by atoms with Gasteiger partial charge in [0.2, 0.25) is 0 Å². The minimum Gasteiger partial charge on any atom is -0.465 e. The van der Waals surface area contributed by atoms with Crippen molar-refractivity contribution >= 4 is 40.5 Å². The molecule has 7 heteroatoms. The fourth-order valence-electron chi connectivity index (χ4n) is 2.39. The number of hydrogen-bond donors (Lipinski definition) is 0. The van der Waals surface area contributed by atoms with Crippen LogP contribution in [0.25, 0.3) is 0 Å². The molecular formula is C19H23IO6. The summed E-state index contributed by atoms with van der Waals surface area (Å²) in [4.78, 5) is 36.6. The van der Waals surface area contributed by atoms with Gasteiger partial charge in [-0.25, -0.2) is 0 Å². The molecule has 0 fully saturated rings. The molecule has 0 heterocycles. The van der Waals surface area contributed by atoms with Crippen LogP contribution in [-0.2, 0) is 34.0 Å². The van der Waals surface area contributed by atoms with Crippen LogP contribution in [0.2, 0.25) is 0 Å². The maximum Gasteiger partial charge on any atom is 0.328 e. The van der Waals surface area contributed by atoms with Gasteiger partial charge in [0.1, 0.15) is 6.61 Å². The third-order valence-corrected chi connectivity index (χ3v) is 4.50. The lowest BCUT2D eigenvalue weighted by Gasteiger charge is -2.29. The predicted molar refractivity (Wildman–Crippen MR) is 104 cm³/mol. The Morgan fingerprint density at radius 2 is 1.58 bits per heavy atom. The van der Waals surface area contributed by atoms with E-state index in [1.165, 1.54) is 6.92 Å². The summed E-state index contributed by atoms with van der Waals surface area (Å²) in [6.07, 6.45) is 3.25. The quantitative estimate of drug-likeness (QED) is 0.180. The van der Waals surface area contributed by atoms with Crippen LogP contribution in [-0.4, -0.2) is 37.7 Å². The van der Waals surface area contributed by atoms with Crippen LogP contribution in [0.3, 0.4) is 0 Å². The Morgan fingerprint density at radius 3 is 2.08 bits per heavy atom. The van der Waals surface area contributed by atoms with E-state index < -0.39 is 23.3 Å². The van der Waals surface area contributed by atoms with Gasteiger partial charge in [0.05, 0.1) is 13.2 Å². The lowest BCUT2D eigenvalue weighted by atomic mass is 9.77. The maximum absolute atomic E-state index is 12.9. The van der Waals surface area contributed by atoms with Gasteiger partial charge < -0.3 is 14.2 Å². The van der Waals surface area contributed by atoms with Crippen molar-refractivity contribution in [1.82, 2.24) is 0 Å². The Labute approximate surface area is 167 Å². The molecule has 0 bridgehead atoms. The van der Waals surface area contributed by atoms with Crippen LogP contribution in [0, 0.1) is 3.57 Å². The largest absolute Gasteiger partial charge is 0.465 e. The highest BCUT2D eigenvalue weighted by atomic mass is 127. The van der Waals surface area contributed by atoms with E-state index in [-0.39, 0.29) is 26.2 Å². The fraction of sp³-hybridized carbons (Fsp3) is 0.421. The van der Waals surface area contributed by atoms with E-state index >= 15 is 0 Å². The zero-order valence-electron chi connectivity index (χ0n) is 15.1. The molecule has 0 aromatic heterocycles. The summed E-state index contributed by atoms with van der Waals surface area (Å²) in [6.45, 7) is 5.01. The highest BCUT2D eigenvalue weighted by Crippen LogP contribution is 2.35. The molecule has 142 valence electrons. The van der Waals surface area contributed by atoms with Crippen molar-refractivity contribution in [3.8, 4) is 0 Å². The molecule has 1 aromatic carbocycles. The minimum absolute atomic E-state index is 0.0337. The molecule has 0 unspecified atom stereocenters. The molecule has 1 rings (SSSR count). The second-order valence-corrected chi connectivity index (χ2v) is 6.47. The van der Waals surface area contributed by atoms with Crippen LogP contribution in [0.4, 0.5) is 0 Å². The SMILES string of the molecule is CCOC(=O)C(C/C=C\COC(C)=O)(C(=O)OCC)c1ccccc1I. The highest BCUT2D eigenvalue weighted by Gasteiger charge is 2.50. The van der Waals surface area contributed by atoms with Crippen molar-refractivity contribution in [2.75, 3.05) is 19.8 Å². The standard InChI is InChI=1S/C19H23IO6/c1-4-24-17(22)19(18(23)25-5-2,12-8-9-13-26-14(3)21)15-10-6-7-11-16(15)20/h6-11H,4-5,12-13H2,1-3H3/b9-8-. The van der Waals surface area contributed by atoms with Crippen molar-refractivity contribution < 1.29 is 28.6 Å². The van der Waals surface area contributed by atoms with Gasteiger partial charge >= 0.3 is 17.9 Å². The molecule has 0 saturated heterocycles. The number of halogens is 1. The van der Waals surface area contributed by atoms with E-state index in [1.807, 2.05) is 12.1 Å². The monoisotopic (exact) mass is 474 g/mol. The summed E-state index contributed by atoms with van der Waals surface area (Å²) in [5.41, 5.74) is -1.09. The van der Waals surface area contributed by atoms with Crippen molar-refractivity contribution in [2.45, 2.75) is 32.6 Å². The lowest BCUT2D eigenvalue weighted by Crippen LogP contribution is -2.46. The molecule has 1 aromatic rings. The normalized spacial score (nSPS) is 11.2. The molecular weight excluding hydrogens is 451 g/mol. The van der Waals surface area contributed by atoms with Crippen molar-refractivity contribution in [3.05, 3.63) is 45.6 Å². The van der Waals surface area contributed by atoms with E-state index in [1.54, 1.807) is 38.1 Å². The summed E-state index contributed by atoms with van der Waals surface area (Å²) in [5, 5.41) is 0. The zero-order valence-corrected chi connectivity index (χ0v) is 17.3. The van der Waals surface area contributed by atoms with E-state index in [0.29, 0.717) is 5.56 Å². The molecule has 0 aliphatic carbocycles. The van der Waals surface area contributed by atoms with Crippen LogP contribution in [0.1, 0.15) is 32.8 Å². The van der Waals surface area contributed by atoms with Crippen molar-refractivity contribution in [1.29, 1.82) is 0 Å². The third-order valence-electron chi connectivity index (χ3n) is 3.55. The second kappa shape index (κ2) is 10.9. The van der Waals surface area contributed by atoms with Gasteiger partial charge in [-0.1, -0.05) is 30.4 Å². The van der Waals surface area contributed by atoms with Gasteiger partial charge in [0.25, 0.3) is 0 Å². The Morgan fingerprint density at radius 1 is 1.00 bits per heavy atom. The summed E-state index contributed by atoms with van der Waals surface area (Å²) in [5.74, 6) is -1.74. The average molecular weight is 474 g/mol. The first kappa shape index (κ1) is 22.1. The number of allylic oxidation sites excluding steroid dienone is 1.